The fraction of sp³-hybridized carbons (Fsp3) is 0.600. The van der Waals surface area contributed by atoms with E-state index >= 15 is 0 Å². The SMILES string of the molecule is CC(CC(O)c1cccc(F)c1F)CC(C)(C)C. The van der Waals surface area contributed by atoms with Gasteiger partial charge in [0.25, 0.3) is 0 Å². The molecule has 1 N–H and O–H groups in total. The van der Waals surface area contributed by atoms with Crippen LogP contribution < -0.4 is 0 Å². The summed E-state index contributed by atoms with van der Waals surface area (Å²) in [6, 6.07) is 3.92. The number of hydrogen-bond acceptors (Lipinski definition) is 1. The van der Waals surface area contributed by atoms with E-state index in [9.17, 15) is 13.9 Å². The van der Waals surface area contributed by atoms with Crippen LogP contribution in [0.3, 0.4) is 0 Å². The third-order valence-electron chi connectivity index (χ3n) is 2.93. The zero-order valence-corrected chi connectivity index (χ0v) is 11.5. The third-order valence-corrected chi connectivity index (χ3v) is 2.93. The smallest absolute Gasteiger partial charge is 0.164 e. The average Bonchev–Trinajstić information content (AvgIpc) is 2.18. The molecule has 0 radical (unpaired) electrons. The van der Waals surface area contributed by atoms with Gasteiger partial charge < -0.3 is 5.11 Å². The number of rotatable bonds is 4. The highest BCUT2D eigenvalue weighted by molar-refractivity contribution is 5.21. The van der Waals surface area contributed by atoms with Crippen LogP contribution in [0.25, 0.3) is 0 Å². The lowest BCUT2D eigenvalue weighted by molar-refractivity contribution is 0.129. The van der Waals surface area contributed by atoms with E-state index in [0.29, 0.717) is 6.42 Å². The van der Waals surface area contributed by atoms with Crippen LogP contribution in [-0.2, 0) is 0 Å². The summed E-state index contributed by atoms with van der Waals surface area (Å²) in [5, 5.41) is 9.99. The summed E-state index contributed by atoms with van der Waals surface area (Å²) in [5.74, 6) is -1.59. The van der Waals surface area contributed by atoms with Gasteiger partial charge >= 0.3 is 0 Å². The minimum atomic E-state index is -0.946. The second-order valence-electron chi connectivity index (χ2n) is 6.26. The van der Waals surface area contributed by atoms with E-state index in [0.717, 1.165) is 12.5 Å². The zero-order valence-electron chi connectivity index (χ0n) is 11.5. The summed E-state index contributed by atoms with van der Waals surface area (Å²) < 4.78 is 26.6. The average molecular weight is 256 g/mol. The minimum absolute atomic E-state index is 0.0516. The van der Waals surface area contributed by atoms with Gasteiger partial charge in [0.05, 0.1) is 6.10 Å². The Balaban J connectivity index is 2.71. The molecule has 0 saturated heterocycles. The second-order valence-corrected chi connectivity index (χ2v) is 6.26. The lowest BCUT2D eigenvalue weighted by Crippen LogP contribution is -2.14. The van der Waals surface area contributed by atoms with Gasteiger partial charge in [-0.15, -0.1) is 0 Å². The minimum Gasteiger partial charge on any atom is -0.388 e. The maximum atomic E-state index is 13.5. The zero-order chi connectivity index (χ0) is 13.9. The van der Waals surface area contributed by atoms with Crippen molar-refractivity contribution in [2.75, 3.05) is 0 Å². The van der Waals surface area contributed by atoms with E-state index in [1.807, 2.05) is 6.92 Å². The summed E-state index contributed by atoms with van der Waals surface area (Å²) in [5.41, 5.74) is 0.218. The standard InChI is InChI=1S/C15H22F2O/c1-10(9-15(2,3)4)8-13(18)11-6-5-7-12(16)14(11)17/h5-7,10,13,18H,8-9H2,1-4H3. The molecule has 1 aromatic rings. The fourth-order valence-corrected chi connectivity index (χ4v) is 2.41. The van der Waals surface area contributed by atoms with Crippen LogP contribution >= 0.6 is 0 Å². The van der Waals surface area contributed by atoms with Gasteiger partial charge in [0.15, 0.2) is 11.6 Å². The van der Waals surface area contributed by atoms with Crippen LogP contribution in [-0.4, -0.2) is 5.11 Å². The van der Waals surface area contributed by atoms with E-state index in [1.54, 1.807) is 0 Å². The van der Waals surface area contributed by atoms with Crippen molar-refractivity contribution in [3.63, 3.8) is 0 Å². The highest BCUT2D eigenvalue weighted by Crippen LogP contribution is 2.31. The number of hydrogen-bond donors (Lipinski definition) is 1. The van der Waals surface area contributed by atoms with Gasteiger partial charge in [0.2, 0.25) is 0 Å². The molecule has 0 bridgehead atoms. The normalized spacial score (nSPS) is 15.5. The van der Waals surface area contributed by atoms with Crippen LogP contribution in [0.15, 0.2) is 18.2 Å². The first-order valence-electron chi connectivity index (χ1n) is 6.32. The predicted octanol–water partition coefficient (Wildman–Crippen LogP) is 4.46. The molecule has 1 nitrogen and oxygen atoms in total. The first-order chi connectivity index (χ1) is 8.20. The highest BCUT2D eigenvalue weighted by atomic mass is 19.2. The summed E-state index contributed by atoms with van der Waals surface area (Å²) in [6.07, 6.45) is 0.427. The molecule has 0 aliphatic rings. The Morgan fingerprint density at radius 1 is 1.22 bits per heavy atom. The van der Waals surface area contributed by atoms with E-state index in [1.165, 1.54) is 12.1 Å². The fourth-order valence-electron chi connectivity index (χ4n) is 2.41. The topological polar surface area (TPSA) is 20.2 Å². The first kappa shape index (κ1) is 15.1. The van der Waals surface area contributed by atoms with Crippen LogP contribution in [0, 0.1) is 23.0 Å². The Labute approximate surface area is 108 Å². The Bertz CT molecular complexity index is 396. The highest BCUT2D eigenvalue weighted by Gasteiger charge is 2.21. The molecule has 0 saturated carbocycles. The molecular weight excluding hydrogens is 234 g/mol. The summed E-state index contributed by atoms with van der Waals surface area (Å²) in [6.45, 7) is 8.39. The molecule has 0 heterocycles. The van der Waals surface area contributed by atoms with E-state index in [2.05, 4.69) is 20.8 Å². The van der Waals surface area contributed by atoms with Gasteiger partial charge in [-0.1, -0.05) is 39.8 Å². The second kappa shape index (κ2) is 5.79. The summed E-state index contributed by atoms with van der Waals surface area (Å²) in [4.78, 5) is 0. The lowest BCUT2D eigenvalue weighted by atomic mass is 9.82. The van der Waals surface area contributed by atoms with Gasteiger partial charge in [-0.25, -0.2) is 8.78 Å². The molecule has 0 fully saturated rings. The molecular formula is C15H22F2O. The summed E-state index contributed by atoms with van der Waals surface area (Å²) in [7, 11) is 0. The molecule has 1 aromatic carbocycles. The molecule has 102 valence electrons. The van der Waals surface area contributed by atoms with Crippen molar-refractivity contribution in [1.29, 1.82) is 0 Å². The van der Waals surface area contributed by atoms with Crippen molar-refractivity contribution in [2.24, 2.45) is 11.3 Å². The number of benzene rings is 1. The molecule has 18 heavy (non-hydrogen) atoms. The Morgan fingerprint density at radius 2 is 1.83 bits per heavy atom. The molecule has 0 amide bonds. The van der Waals surface area contributed by atoms with Gasteiger partial charge in [0, 0.05) is 5.56 Å². The van der Waals surface area contributed by atoms with Crippen LogP contribution in [0.4, 0.5) is 8.78 Å². The Hall–Kier alpha value is -0.960. The quantitative estimate of drug-likeness (QED) is 0.843. The number of halogens is 2. The van der Waals surface area contributed by atoms with Crippen LogP contribution in [0.2, 0.25) is 0 Å². The number of aliphatic hydroxyl groups is 1. The van der Waals surface area contributed by atoms with Crippen LogP contribution in [0.1, 0.15) is 52.2 Å². The van der Waals surface area contributed by atoms with Crippen molar-refractivity contribution in [2.45, 2.75) is 46.6 Å². The van der Waals surface area contributed by atoms with Gasteiger partial charge in [-0.05, 0) is 30.2 Å². The molecule has 2 unspecified atom stereocenters. The van der Waals surface area contributed by atoms with Crippen molar-refractivity contribution in [1.82, 2.24) is 0 Å². The number of aliphatic hydroxyl groups excluding tert-OH is 1. The Kier molecular flexibility index (Phi) is 4.85. The molecule has 0 spiro atoms. The molecule has 0 aromatic heterocycles. The first-order valence-corrected chi connectivity index (χ1v) is 6.32. The van der Waals surface area contributed by atoms with Crippen molar-refractivity contribution < 1.29 is 13.9 Å². The maximum absolute atomic E-state index is 13.5. The maximum Gasteiger partial charge on any atom is 0.164 e. The van der Waals surface area contributed by atoms with Gasteiger partial charge in [-0.2, -0.15) is 0 Å². The van der Waals surface area contributed by atoms with Crippen molar-refractivity contribution >= 4 is 0 Å². The summed E-state index contributed by atoms with van der Waals surface area (Å²) >= 11 is 0. The molecule has 0 aliphatic carbocycles. The third kappa shape index (κ3) is 4.37. The van der Waals surface area contributed by atoms with Crippen LogP contribution in [0.5, 0.6) is 0 Å². The lowest BCUT2D eigenvalue weighted by Gasteiger charge is -2.25. The van der Waals surface area contributed by atoms with Gasteiger partial charge in [-0.3, -0.25) is 0 Å². The largest absolute Gasteiger partial charge is 0.388 e. The van der Waals surface area contributed by atoms with E-state index in [4.69, 9.17) is 0 Å². The monoisotopic (exact) mass is 256 g/mol. The molecule has 2 atom stereocenters. The Morgan fingerprint density at radius 3 is 2.39 bits per heavy atom. The predicted molar refractivity (Wildman–Crippen MR) is 69.2 cm³/mol. The molecule has 0 aliphatic heterocycles. The van der Waals surface area contributed by atoms with Crippen molar-refractivity contribution in [3.05, 3.63) is 35.4 Å². The van der Waals surface area contributed by atoms with E-state index < -0.39 is 17.7 Å². The van der Waals surface area contributed by atoms with Gasteiger partial charge in [0.1, 0.15) is 0 Å². The molecule has 3 heteroatoms. The molecule has 1 rings (SSSR count). The van der Waals surface area contributed by atoms with Crippen molar-refractivity contribution in [3.8, 4) is 0 Å². The van der Waals surface area contributed by atoms with E-state index in [-0.39, 0.29) is 16.9 Å².